The molecule has 4 heteroatoms. The van der Waals surface area contributed by atoms with E-state index in [2.05, 4.69) is 107 Å². The summed E-state index contributed by atoms with van der Waals surface area (Å²) in [5, 5.41) is 10.4. The molecule has 1 aliphatic carbocycles. The Kier molecular flexibility index (Phi) is 4.94. The van der Waals surface area contributed by atoms with Crippen LogP contribution in [-0.4, -0.2) is 14.8 Å². The maximum Gasteiger partial charge on any atom is 0.196 e. The smallest absolute Gasteiger partial charge is 0.196 e. The number of nitrogens with zero attached hydrogens (tertiary/aromatic N) is 3. The number of thioether (sulfide) groups is 1. The van der Waals surface area contributed by atoms with E-state index in [9.17, 15) is 0 Å². The fourth-order valence-electron chi connectivity index (χ4n) is 3.59. The highest BCUT2D eigenvalue weighted by Gasteiger charge is 2.32. The Bertz CT molecular complexity index is 1080. The second-order valence-corrected chi connectivity index (χ2v) is 8.68. The molecular weight excluding hydrogens is 374 g/mol. The van der Waals surface area contributed by atoms with Gasteiger partial charge in [-0.25, -0.2) is 0 Å². The molecule has 1 unspecified atom stereocenters. The molecule has 1 atom stereocenters. The van der Waals surface area contributed by atoms with Crippen LogP contribution in [-0.2, 0) is 0 Å². The molecule has 0 N–H and O–H groups in total. The molecule has 0 amide bonds. The molecule has 4 aromatic rings. The predicted molar refractivity (Wildman–Crippen MR) is 119 cm³/mol. The molecule has 5 rings (SSSR count). The van der Waals surface area contributed by atoms with Crippen molar-refractivity contribution in [2.45, 2.75) is 36.1 Å². The van der Waals surface area contributed by atoms with Gasteiger partial charge in [-0.1, -0.05) is 90.1 Å². The van der Waals surface area contributed by atoms with Crippen molar-refractivity contribution in [2.24, 2.45) is 0 Å². The van der Waals surface area contributed by atoms with Crippen molar-refractivity contribution in [1.82, 2.24) is 14.8 Å². The summed E-state index contributed by atoms with van der Waals surface area (Å²) < 4.78 is 2.26. The zero-order valence-electron chi connectivity index (χ0n) is 16.4. The molecule has 144 valence electrons. The Morgan fingerprint density at radius 1 is 0.793 bits per heavy atom. The third-order valence-electron chi connectivity index (χ3n) is 5.32. The van der Waals surface area contributed by atoms with Gasteiger partial charge < -0.3 is 0 Å². The highest BCUT2D eigenvalue weighted by Crippen LogP contribution is 2.44. The van der Waals surface area contributed by atoms with Gasteiger partial charge in [-0.05, 0) is 43.0 Å². The Balaban J connectivity index is 1.58. The molecule has 1 fully saturated rings. The van der Waals surface area contributed by atoms with Crippen LogP contribution in [0, 0.1) is 6.92 Å². The maximum absolute atomic E-state index is 4.64. The van der Waals surface area contributed by atoms with E-state index >= 15 is 0 Å². The summed E-state index contributed by atoms with van der Waals surface area (Å²) in [5.74, 6) is 1.63. The molecule has 1 saturated carbocycles. The summed E-state index contributed by atoms with van der Waals surface area (Å²) in [6.45, 7) is 2.13. The van der Waals surface area contributed by atoms with E-state index in [0.717, 1.165) is 16.7 Å². The number of para-hydroxylation sites is 1. The Labute approximate surface area is 175 Å². The molecule has 1 heterocycles. The van der Waals surface area contributed by atoms with Gasteiger partial charge in [0.15, 0.2) is 5.16 Å². The molecule has 0 saturated heterocycles. The van der Waals surface area contributed by atoms with Crippen molar-refractivity contribution in [3.63, 3.8) is 0 Å². The summed E-state index contributed by atoms with van der Waals surface area (Å²) >= 11 is 1.78. The number of aromatic nitrogens is 3. The second-order valence-electron chi connectivity index (χ2n) is 7.61. The van der Waals surface area contributed by atoms with Crippen molar-refractivity contribution in [2.75, 3.05) is 0 Å². The monoisotopic (exact) mass is 397 g/mol. The van der Waals surface area contributed by atoms with Crippen molar-refractivity contribution in [1.29, 1.82) is 0 Å². The van der Waals surface area contributed by atoms with Crippen LogP contribution in [0.15, 0.2) is 90.1 Å². The lowest BCUT2D eigenvalue weighted by Crippen LogP contribution is -2.04. The molecule has 0 bridgehead atoms. The van der Waals surface area contributed by atoms with Crippen LogP contribution in [0.5, 0.6) is 0 Å². The first-order chi connectivity index (χ1) is 14.3. The van der Waals surface area contributed by atoms with Crippen molar-refractivity contribution in [3.8, 4) is 5.69 Å². The molecule has 0 aliphatic heterocycles. The summed E-state index contributed by atoms with van der Waals surface area (Å²) in [6.07, 6.45) is 2.41. The first-order valence-corrected chi connectivity index (χ1v) is 11.0. The summed E-state index contributed by atoms with van der Waals surface area (Å²) in [4.78, 5) is 0. The quantitative estimate of drug-likeness (QED) is 0.356. The topological polar surface area (TPSA) is 30.7 Å². The van der Waals surface area contributed by atoms with Crippen LogP contribution in [0.2, 0.25) is 0 Å². The third kappa shape index (κ3) is 3.85. The van der Waals surface area contributed by atoms with Gasteiger partial charge in [0.1, 0.15) is 5.82 Å². The Morgan fingerprint density at radius 3 is 2.07 bits per heavy atom. The van der Waals surface area contributed by atoms with E-state index in [0.29, 0.717) is 5.92 Å². The van der Waals surface area contributed by atoms with Crippen molar-refractivity contribution < 1.29 is 0 Å². The molecule has 1 aliphatic rings. The first-order valence-electron chi connectivity index (χ1n) is 10.1. The molecule has 3 nitrogen and oxygen atoms in total. The Hall–Kier alpha value is -2.85. The summed E-state index contributed by atoms with van der Waals surface area (Å²) in [5.41, 5.74) is 4.96. The van der Waals surface area contributed by atoms with E-state index in [4.69, 9.17) is 0 Å². The number of aryl methyl sites for hydroxylation is 1. The van der Waals surface area contributed by atoms with Crippen LogP contribution >= 0.6 is 11.8 Å². The molecule has 3 aromatic carbocycles. The highest BCUT2D eigenvalue weighted by molar-refractivity contribution is 7.99. The minimum absolute atomic E-state index is 0.163. The van der Waals surface area contributed by atoms with E-state index in [1.165, 1.54) is 29.5 Å². The average molecular weight is 398 g/mol. The average Bonchev–Trinajstić information content (AvgIpc) is 3.54. The largest absolute Gasteiger partial charge is 0.274 e. The maximum atomic E-state index is 4.64. The zero-order valence-corrected chi connectivity index (χ0v) is 17.2. The highest BCUT2D eigenvalue weighted by atomic mass is 32.2. The SMILES string of the molecule is Cc1ccc(C(Sc2nnc(C3CC3)n2-c2ccccc2)c2ccccc2)cc1. The van der Waals surface area contributed by atoms with Crippen LogP contribution < -0.4 is 0 Å². The van der Waals surface area contributed by atoms with E-state index < -0.39 is 0 Å². The second kappa shape index (κ2) is 7.88. The van der Waals surface area contributed by atoms with Gasteiger partial charge in [-0.3, -0.25) is 4.57 Å². The molecule has 0 radical (unpaired) electrons. The Morgan fingerprint density at radius 2 is 1.41 bits per heavy atom. The van der Waals surface area contributed by atoms with Gasteiger partial charge in [0.05, 0.1) is 5.25 Å². The molecule has 1 aromatic heterocycles. The lowest BCUT2D eigenvalue weighted by Gasteiger charge is -2.18. The minimum atomic E-state index is 0.163. The van der Waals surface area contributed by atoms with Gasteiger partial charge in [0.25, 0.3) is 0 Å². The first kappa shape index (κ1) is 18.2. The van der Waals surface area contributed by atoms with Gasteiger partial charge >= 0.3 is 0 Å². The number of hydrogen-bond donors (Lipinski definition) is 0. The minimum Gasteiger partial charge on any atom is -0.274 e. The number of rotatable bonds is 6. The summed E-state index contributed by atoms with van der Waals surface area (Å²) in [6, 6.07) is 30.0. The predicted octanol–water partition coefficient (Wildman–Crippen LogP) is 6.33. The van der Waals surface area contributed by atoms with E-state index in [1.807, 2.05) is 0 Å². The van der Waals surface area contributed by atoms with Crippen molar-refractivity contribution >= 4 is 11.8 Å². The number of hydrogen-bond acceptors (Lipinski definition) is 3. The normalized spacial score (nSPS) is 14.7. The summed E-state index contributed by atoms with van der Waals surface area (Å²) in [7, 11) is 0. The van der Waals surface area contributed by atoms with Crippen LogP contribution in [0.1, 0.15) is 46.5 Å². The third-order valence-corrected chi connectivity index (χ3v) is 6.58. The fraction of sp³-hybridized carbons (Fsp3) is 0.200. The zero-order chi connectivity index (χ0) is 19.6. The molecular formula is C25H23N3S. The lowest BCUT2D eigenvalue weighted by atomic mass is 10.0. The standard InChI is InChI=1S/C25H23N3S/c1-18-12-14-20(15-13-18)23(19-8-4-2-5-9-19)29-25-27-26-24(21-16-17-21)28(25)22-10-6-3-7-11-22/h2-15,21,23H,16-17H2,1H3. The van der Waals surface area contributed by atoms with Gasteiger partial charge in [0.2, 0.25) is 0 Å². The molecule has 0 spiro atoms. The van der Waals surface area contributed by atoms with E-state index in [-0.39, 0.29) is 5.25 Å². The van der Waals surface area contributed by atoms with Gasteiger partial charge in [-0.2, -0.15) is 0 Å². The van der Waals surface area contributed by atoms with Gasteiger partial charge in [0, 0.05) is 11.6 Å². The number of benzene rings is 3. The fourth-order valence-corrected chi connectivity index (χ4v) is 4.78. The lowest BCUT2D eigenvalue weighted by molar-refractivity contribution is 0.827. The van der Waals surface area contributed by atoms with Crippen LogP contribution in [0.3, 0.4) is 0 Å². The van der Waals surface area contributed by atoms with E-state index in [1.54, 1.807) is 11.8 Å². The van der Waals surface area contributed by atoms with Crippen LogP contribution in [0.25, 0.3) is 5.69 Å². The van der Waals surface area contributed by atoms with Gasteiger partial charge in [-0.15, -0.1) is 10.2 Å². The molecule has 29 heavy (non-hydrogen) atoms. The van der Waals surface area contributed by atoms with Crippen LogP contribution in [0.4, 0.5) is 0 Å². The van der Waals surface area contributed by atoms with Crippen molar-refractivity contribution in [3.05, 3.63) is 107 Å².